The van der Waals surface area contributed by atoms with Crippen molar-refractivity contribution in [3.05, 3.63) is 29.3 Å². The monoisotopic (exact) mass is 274 g/mol. The third kappa shape index (κ3) is 3.04. The third-order valence-corrected chi connectivity index (χ3v) is 3.44. The van der Waals surface area contributed by atoms with Gasteiger partial charge in [0.15, 0.2) is 11.5 Å². The van der Waals surface area contributed by atoms with E-state index in [-0.39, 0.29) is 0 Å². The van der Waals surface area contributed by atoms with Crippen LogP contribution in [0.3, 0.4) is 0 Å². The smallest absolute Gasteiger partial charge is 0.161 e. The van der Waals surface area contributed by atoms with Crippen molar-refractivity contribution >= 4 is 11.3 Å². The quantitative estimate of drug-likeness (QED) is 0.837. The minimum absolute atomic E-state index is 0.599. The van der Waals surface area contributed by atoms with Gasteiger partial charge in [-0.2, -0.15) is 5.26 Å². The molecule has 0 radical (unpaired) electrons. The summed E-state index contributed by atoms with van der Waals surface area (Å²) in [5.41, 5.74) is 0.929. The van der Waals surface area contributed by atoms with Gasteiger partial charge in [-0.25, -0.2) is 4.98 Å². The number of nitrogens with zero attached hydrogens (tertiary/aromatic N) is 2. The van der Waals surface area contributed by atoms with E-state index in [4.69, 9.17) is 14.7 Å². The van der Waals surface area contributed by atoms with E-state index >= 15 is 0 Å². The molecule has 0 aliphatic rings. The fourth-order valence-corrected chi connectivity index (χ4v) is 2.30. The molecule has 19 heavy (non-hydrogen) atoms. The number of thiazole rings is 1. The summed E-state index contributed by atoms with van der Waals surface area (Å²) in [6.07, 6.45) is 2.51. The lowest BCUT2D eigenvalue weighted by atomic mass is 10.2. The third-order valence-electron chi connectivity index (χ3n) is 2.49. The first-order valence-electron chi connectivity index (χ1n) is 5.95. The topological polar surface area (TPSA) is 55.1 Å². The molecule has 0 atom stereocenters. The van der Waals surface area contributed by atoms with E-state index in [1.54, 1.807) is 13.3 Å². The molecule has 0 fully saturated rings. The molecule has 0 N–H and O–H groups in total. The van der Waals surface area contributed by atoms with Crippen LogP contribution in [-0.2, 0) is 0 Å². The Morgan fingerprint density at radius 2 is 2.21 bits per heavy atom. The second kappa shape index (κ2) is 6.21. The summed E-state index contributed by atoms with van der Waals surface area (Å²) < 4.78 is 10.9. The zero-order valence-electron chi connectivity index (χ0n) is 10.8. The minimum Gasteiger partial charge on any atom is -0.493 e. The van der Waals surface area contributed by atoms with Gasteiger partial charge in [0.05, 0.1) is 19.9 Å². The summed E-state index contributed by atoms with van der Waals surface area (Å²) in [5, 5.41) is 9.63. The van der Waals surface area contributed by atoms with E-state index < -0.39 is 0 Å². The number of hydrogen-bond donors (Lipinski definition) is 0. The van der Waals surface area contributed by atoms with Crippen LogP contribution in [0.25, 0.3) is 10.6 Å². The van der Waals surface area contributed by atoms with Crippen LogP contribution in [0.5, 0.6) is 11.5 Å². The maximum Gasteiger partial charge on any atom is 0.161 e. The van der Waals surface area contributed by atoms with Gasteiger partial charge >= 0.3 is 0 Å². The lowest BCUT2D eigenvalue weighted by Crippen LogP contribution is -1.97. The molecule has 0 saturated carbocycles. The molecule has 0 amide bonds. The number of aromatic nitrogens is 1. The number of hydrogen-bond acceptors (Lipinski definition) is 5. The largest absolute Gasteiger partial charge is 0.493 e. The molecule has 1 aromatic carbocycles. The van der Waals surface area contributed by atoms with Gasteiger partial charge in [0, 0.05) is 5.56 Å². The molecule has 1 heterocycles. The number of nitriles is 1. The summed E-state index contributed by atoms with van der Waals surface area (Å²) >= 11 is 1.36. The van der Waals surface area contributed by atoms with Crippen LogP contribution in [0.2, 0.25) is 0 Å². The fraction of sp³-hybridized carbons (Fsp3) is 0.286. The first-order valence-corrected chi connectivity index (χ1v) is 6.77. The van der Waals surface area contributed by atoms with Gasteiger partial charge in [0.25, 0.3) is 0 Å². The van der Waals surface area contributed by atoms with E-state index in [0.29, 0.717) is 23.0 Å². The molecular weight excluding hydrogens is 260 g/mol. The summed E-state index contributed by atoms with van der Waals surface area (Å²) in [5.74, 6) is 1.41. The average molecular weight is 274 g/mol. The Morgan fingerprint density at radius 3 is 2.84 bits per heavy atom. The Morgan fingerprint density at radius 1 is 1.37 bits per heavy atom. The lowest BCUT2D eigenvalue weighted by molar-refractivity contribution is 0.294. The molecule has 2 aromatic rings. The molecule has 0 saturated heterocycles. The van der Waals surface area contributed by atoms with E-state index in [2.05, 4.69) is 18.0 Å². The van der Waals surface area contributed by atoms with Crippen molar-refractivity contribution in [2.45, 2.75) is 13.3 Å². The molecule has 0 aliphatic heterocycles. The van der Waals surface area contributed by atoms with Crippen molar-refractivity contribution in [1.82, 2.24) is 4.98 Å². The van der Waals surface area contributed by atoms with Gasteiger partial charge < -0.3 is 9.47 Å². The number of rotatable bonds is 5. The highest BCUT2D eigenvalue weighted by Gasteiger charge is 2.10. The van der Waals surface area contributed by atoms with Crippen LogP contribution in [0.15, 0.2) is 24.4 Å². The van der Waals surface area contributed by atoms with Crippen molar-refractivity contribution in [3.63, 3.8) is 0 Å². The van der Waals surface area contributed by atoms with E-state index in [9.17, 15) is 0 Å². The highest BCUT2D eigenvalue weighted by atomic mass is 32.1. The van der Waals surface area contributed by atoms with E-state index in [1.807, 2.05) is 18.2 Å². The highest BCUT2D eigenvalue weighted by molar-refractivity contribution is 7.15. The van der Waals surface area contributed by atoms with Crippen LogP contribution in [0, 0.1) is 11.3 Å². The first kappa shape index (κ1) is 13.4. The predicted molar refractivity (Wildman–Crippen MR) is 74.6 cm³/mol. The zero-order chi connectivity index (χ0) is 13.7. The van der Waals surface area contributed by atoms with Crippen molar-refractivity contribution in [2.75, 3.05) is 13.7 Å². The van der Waals surface area contributed by atoms with E-state index in [0.717, 1.165) is 17.0 Å². The molecule has 98 valence electrons. The summed E-state index contributed by atoms with van der Waals surface area (Å²) in [6.45, 7) is 2.69. The van der Waals surface area contributed by atoms with Gasteiger partial charge in [-0.15, -0.1) is 11.3 Å². The van der Waals surface area contributed by atoms with Crippen LogP contribution in [0.4, 0.5) is 0 Å². The summed E-state index contributed by atoms with van der Waals surface area (Å²) in [6, 6.07) is 7.76. The van der Waals surface area contributed by atoms with Gasteiger partial charge in [-0.05, 0) is 24.6 Å². The molecule has 0 unspecified atom stereocenters. The van der Waals surface area contributed by atoms with Crippen molar-refractivity contribution < 1.29 is 9.47 Å². The second-order valence-electron chi connectivity index (χ2n) is 3.86. The van der Waals surface area contributed by atoms with Gasteiger partial charge in [-0.1, -0.05) is 6.92 Å². The molecular formula is C14H14N2O2S. The normalized spacial score (nSPS) is 9.95. The fourth-order valence-electron chi connectivity index (χ4n) is 1.59. The molecule has 1 aromatic heterocycles. The standard InChI is InChI=1S/C14H14N2O2S/c1-3-6-18-13-7-10(4-5-12(13)17-2)14-16-9-11(8-15)19-14/h4-5,7,9H,3,6H2,1-2H3. The predicted octanol–water partition coefficient (Wildman–Crippen LogP) is 3.48. The molecule has 5 heteroatoms. The Balaban J connectivity index is 2.34. The lowest BCUT2D eigenvalue weighted by Gasteiger charge is -2.10. The number of ether oxygens (including phenoxy) is 2. The average Bonchev–Trinajstić information content (AvgIpc) is 2.93. The Bertz CT molecular complexity index is 602. The molecule has 2 rings (SSSR count). The molecule has 0 bridgehead atoms. The maximum atomic E-state index is 8.83. The van der Waals surface area contributed by atoms with Gasteiger partial charge in [0.1, 0.15) is 16.0 Å². The highest BCUT2D eigenvalue weighted by Crippen LogP contribution is 2.34. The van der Waals surface area contributed by atoms with Gasteiger partial charge in [-0.3, -0.25) is 0 Å². The Kier molecular flexibility index (Phi) is 4.37. The Hall–Kier alpha value is -2.06. The Labute approximate surface area is 116 Å². The molecule has 0 aliphatic carbocycles. The van der Waals surface area contributed by atoms with Crippen molar-refractivity contribution in [3.8, 4) is 28.1 Å². The van der Waals surface area contributed by atoms with Crippen molar-refractivity contribution in [1.29, 1.82) is 5.26 Å². The second-order valence-corrected chi connectivity index (χ2v) is 4.89. The molecule has 0 spiro atoms. The van der Waals surface area contributed by atoms with Crippen LogP contribution >= 0.6 is 11.3 Å². The first-order chi connectivity index (χ1) is 9.28. The SMILES string of the molecule is CCCOc1cc(-c2ncc(C#N)s2)ccc1OC. The van der Waals surface area contributed by atoms with Crippen LogP contribution in [0.1, 0.15) is 18.2 Å². The van der Waals surface area contributed by atoms with Crippen LogP contribution < -0.4 is 9.47 Å². The minimum atomic E-state index is 0.599. The summed E-state index contributed by atoms with van der Waals surface area (Å²) in [4.78, 5) is 4.83. The number of benzene rings is 1. The number of methoxy groups -OCH3 is 1. The zero-order valence-corrected chi connectivity index (χ0v) is 11.7. The van der Waals surface area contributed by atoms with Gasteiger partial charge in [0.2, 0.25) is 0 Å². The molecule has 4 nitrogen and oxygen atoms in total. The van der Waals surface area contributed by atoms with Crippen molar-refractivity contribution in [2.24, 2.45) is 0 Å². The summed E-state index contributed by atoms with van der Waals surface area (Å²) in [7, 11) is 1.62. The maximum absolute atomic E-state index is 8.83. The van der Waals surface area contributed by atoms with Crippen LogP contribution in [-0.4, -0.2) is 18.7 Å². The van der Waals surface area contributed by atoms with E-state index in [1.165, 1.54) is 11.3 Å².